The predicted molar refractivity (Wildman–Crippen MR) is 92.7 cm³/mol. The van der Waals surface area contributed by atoms with Gasteiger partial charge in [0, 0.05) is 42.8 Å². The third-order valence-electron chi connectivity index (χ3n) is 4.30. The maximum absolute atomic E-state index is 4.40. The molecule has 3 aromatic rings. The average Bonchev–Trinajstić information content (AvgIpc) is 2.55. The molecule has 4 rings (SSSR count). The zero-order chi connectivity index (χ0) is 15.6. The molecule has 1 fully saturated rings. The number of para-hydroxylation sites is 1. The number of nitrogens with zero attached hydrogens (tertiary/aromatic N) is 4. The van der Waals surface area contributed by atoms with Crippen LogP contribution in [0.1, 0.15) is 5.69 Å². The molecule has 0 amide bonds. The van der Waals surface area contributed by atoms with E-state index in [1.165, 1.54) is 5.39 Å². The number of rotatable bonds is 4. The van der Waals surface area contributed by atoms with Crippen LogP contribution in [0.2, 0.25) is 0 Å². The highest BCUT2D eigenvalue weighted by molar-refractivity contribution is 5.90. The van der Waals surface area contributed by atoms with E-state index in [9.17, 15) is 0 Å². The monoisotopic (exact) mass is 305 g/mol. The normalized spacial score (nSPS) is 14.7. The minimum atomic E-state index is 0.630. The largest absolute Gasteiger partial charge is 0.384 e. The van der Waals surface area contributed by atoms with Crippen LogP contribution >= 0.6 is 0 Å². The molecule has 1 N–H and O–H groups in total. The number of fused-ring (bicyclic) bond motifs is 1. The van der Waals surface area contributed by atoms with Gasteiger partial charge in [-0.2, -0.15) is 5.10 Å². The van der Waals surface area contributed by atoms with Gasteiger partial charge < -0.3 is 10.2 Å². The molecule has 0 saturated carbocycles. The fourth-order valence-electron chi connectivity index (χ4n) is 2.95. The maximum Gasteiger partial charge on any atom is 0.151 e. The summed E-state index contributed by atoms with van der Waals surface area (Å²) in [5.41, 5.74) is 3.14. The van der Waals surface area contributed by atoms with Crippen molar-refractivity contribution in [2.24, 2.45) is 5.92 Å². The Bertz CT molecular complexity index is 804. The van der Waals surface area contributed by atoms with E-state index in [4.69, 9.17) is 0 Å². The third-order valence-corrected chi connectivity index (χ3v) is 4.30. The summed E-state index contributed by atoms with van der Waals surface area (Å²) in [4.78, 5) is 6.67. The summed E-state index contributed by atoms with van der Waals surface area (Å²) in [6.07, 6.45) is 1.86. The molecule has 3 heterocycles. The molecule has 0 radical (unpaired) electrons. The van der Waals surface area contributed by atoms with Crippen molar-refractivity contribution in [2.45, 2.75) is 6.92 Å². The van der Waals surface area contributed by atoms with E-state index in [2.05, 4.69) is 37.5 Å². The van der Waals surface area contributed by atoms with Crippen LogP contribution in [0.15, 0.2) is 48.7 Å². The summed E-state index contributed by atoms with van der Waals surface area (Å²) in [5.74, 6) is 1.60. The lowest BCUT2D eigenvalue weighted by molar-refractivity contribution is 0.425. The summed E-state index contributed by atoms with van der Waals surface area (Å²) in [7, 11) is 0. The lowest BCUT2D eigenvalue weighted by Crippen LogP contribution is -2.50. The molecule has 116 valence electrons. The number of anilines is 2. The number of hydrogen-bond acceptors (Lipinski definition) is 5. The summed E-state index contributed by atoms with van der Waals surface area (Å²) in [5, 5.41) is 13.1. The van der Waals surface area contributed by atoms with Crippen LogP contribution in [-0.2, 0) is 0 Å². The highest BCUT2D eigenvalue weighted by Gasteiger charge is 2.27. The minimum absolute atomic E-state index is 0.630. The fraction of sp³-hybridized carbons (Fsp3) is 0.278. The highest BCUT2D eigenvalue weighted by atomic mass is 15.3. The van der Waals surface area contributed by atoms with Crippen LogP contribution in [0.3, 0.4) is 0 Å². The standard InChI is InChI=1S/C18H19N5/c1-13-6-7-18(22-21-13)23-11-14(12-23)10-20-17-8-9-19-16-5-3-2-4-15(16)17/h2-9,14H,10-12H2,1H3,(H,19,20). The van der Waals surface area contributed by atoms with Crippen molar-refractivity contribution in [3.8, 4) is 0 Å². The summed E-state index contributed by atoms with van der Waals surface area (Å²) in [6, 6.07) is 14.3. The Labute approximate surface area is 135 Å². The molecule has 1 aliphatic heterocycles. The first kappa shape index (κ1) is 13.9. The molecular formula is C18H19N5. The first-order valence-electron chi connectivity index (χ1n) is 7.92. The maximum atomic E-state index is 4.40. The molecule has 2 aromatic heterocycles. The van der Waals surface area contributed by atoms with Crippen LogP contribution in [-0.4, -0.2) is 34.8 Å². The Hall–Kier alpha value is -2.69. The third kappa shape index (κ3) is 2.82. The Morgan fingerprint density at radius 1 is 1.09 bits per heavy atom. The second-order valence-electron chi connectivity index (χ2n) is 6.06. The Morgan fingerprint density at radius 3 is 2.78 bits per heavy atom. The van der Waals surface area contributed by atoms with E-state index in [0.29, 0.717) is 5.92 Å². The molecule has 0 spiro atoms. The van der Waals surface area contributed by atoms with Crippen molar-refractivity contribution >= 4 is 22.4 Å². The topological polar surface area (TPSA) is 53.9 Å². The number of hydrogen-bond donors (Lipinski definition) is 1. The Kier molecular flexibility index (Phi) is 3.54. The van der Waals surface area contributed by atoms with E-state index < -0.39 is 0 Å². The van der Waals surface area contributed by atoms with Gasteiger partial charge in [0.25, 0.3) is 0 Å². The Balaban J connectivity index is 1.37. The molecular weight excluding hydrogens is 286 g/mol. The summed E-state index contributed by atoms with van der Waals surface area (Å²) in [6.45, 7) is 4.96. The van der Waals surface area contributed by atoms with Crippen LogP contribution < -0.4 is 10.2 Å². The molecule has 5 heteroatoms. The first-order valence-corrected chi connectivity index (χ1v) is 7.92. The van der Waals surface area contributed by atoms with Gasteiger partial charge in [0.05, 0.1) is 11.2 Å². The molecule has 0 atom stereocenters. The van der Waals surface area contributed by atoms with Crippen molar-refractivity contribution < 1.29 is 0 Å². The number of aromatic nitrogens is 3. The zero-order valence-electron chi connectivity index (χ0n) is 13.1. The van der Waals surface area contributed by atoms with Gasteiger partial charge in [-0.3, -0.25) is 4.98 Å². The number of pyridine rings is 1. The lowest BCUT2D eigenvalue weighted by atomic mass is 10.00. The van der Waals surface area contributed by atoms with Crippen molar-refractivity contribution in [3.63, 3.8) is 0 Å². The summed E-state index contributed by atoms with van der Waals surface area (Å²) < 4.78 is 0. The second-order valence-corrected chi connectivity index (χ2v) is 6.06. The lowest BCUT2D eigenvalue weighted by Gasteiger charge is -2.40. The quantitative estimate of drug-likeness (QED) is 0.803. The number of nitrogens with one attached hydrogen (secondary N) is 1. The molecule has 0 bridgehead atoms. The number of aryl methyl sites for hydroxylation is 1. The van der Waals surface area contributed by atoms with E-state index in [1.54, 1.807) is 0 Å². The molecule has 23 heavy (non-hydrogen) atoms. The molecule has 1 aliphatic rings. The fourth-order valence-corrected chi connectivity index (χ4v) is 2.95. The highest BCUT2D eigenvalue weighted by Crippen LogP contribution is 2.25. The van der Waals surface area contributed by atoms with Crippen molar-refractivity contribution in [3.05, 3.63) is 54.4 Å². The Morgan fingerprint density at radius 2 is 1.96 bits per heavy atom. The molecule has 5 nitrogen and oxygen atoms in total. The molecule has 1 aromatic carbocycles. The number of benzene rings is 1. The minimum Gasteiger partial charge on any atom is -0.384 e. The van der Waals surface area contributed by atoms with Crippen molar-refractivity contribution in [2.75, 3.05) is 29.9 Å². The summed E-state index contributed by atoms with van der Waals surface area (Å²) >= 11 is 0. The molecule has 0 aliphatic carbocycles. The van der Waals surface area contributed by atoms with Crippen LogP contribution in [0.25, 0.3) is 10.9 Å². The van der Waals surface area contributed by atoms with Crippen LogP contribution in [0.4, 0.5) is 11.5 Å². The van der Waals surface area contributed by atoms with Gasteiger partial charge in [0.1, 0.15) is 0 Å². The van der Waals surface area contributed by atoms with Gasteiger partial charge >= 0.3 is 0 Å². The average molecular weight is 305 g/mol. The first-order chi connectivity index (χ1) is 11.3. The van der Waals surface area contributed by atoms with Gasteiger partial charge in [-0.25, -0.2) is 0 Å². The zero-order valence-corrected chi connectivity index (χ0v) is 13.1. The second kappa shape index (κ2) is 5.83. The van der Waals surface area contributed by atoms with E-state index in [-0.39, 0.29) is 0 Å². The van der Waals surface area contributed by atoms with E-state index in [1.807, 2.05) is 43.5 Å². The van der Waals surface area contributed by atoms with Gasteiger partial charge in [-0.15, -0.1) is 5.10 Å². The van der Waals surface area contributed by atoms with E-state index in [0.717, 1.165) is 42.4 Å². The smallest absolute Gasteiger partial charge is 0.151 e. The van der Waals surface area contributed by atoms with Crippen molar-refractivity contribution in [1.29, 1.82) is 0 Å². The van der Waals surface area contributed by atoms with Gasteiger partial charge in [-0.05, 0) is 31.2 Å². The van der Waals surface area contributed by atoms with E-state index >= 15 is 0 Å². The molecule has 0 unspecified atom stereocenters. The SMILES string of the molecule is Cc1ccc(N2CC(CNc3ccnc4ccccc34)C2)nn1. The van der Waals surface area contributed by atoms with Crippen molar-refractivity contribution in [1.82, 2.24) is 15.2 Å². The molecule has 1 saturated heterocycles. The van der Waals surface area contributed by atoms with Crippen LogP contribution in [0, 0.1) is 12.8 Å². The predicted octanol–water partition coefficient (Wildman–Crippen LogP) is 2.88. The van der Waals surface area contributed by atoms with Gasteiger partial charge in [0.2, 0.25) is 0 Å². The van der Waals surface area contributed by atoms with Crippen LogP contribution in [0.5, 0.6) is 0 Å². The van der Waals surface area contributed by atoms with Gasteiger partial charge in [-0.1, -0.05) is 18.2 Å². The van der Waals surface area contributed by atoms with Gasteiger partial charge in [0.15, 0.2) is 5.82 Å².